The number of carbonyl (C=O) groups excluding carboxylic acids is 1. The van der Waals surface area contributed by atoms with Gasteiger partial charge in [-0.15, -0.1) is 0 Å². The molecular weight excluding hydrogens is 396 g/mol. The molecule has 2 aromatic heterocycles. The highest BCUT2D eigenvalue weighted by molar-refractivity contribution is 6.48. The minimum Gasteiger partial charge on any atom is -0.497 e. The maximum atomic E-state index is 12.6. The average Bonchev–Trinajstić information content (AvgIpc) is 3.31. The van der Waals surface area contributed by atoms with Crippen molar-refractivity contribution in [2.24, 2.45) is 5.10 Å². The Morgan fingerprint density at radius 3 is 2.52 bits per heavy atom. The molecule has 31 heavy (non-hydrogen) atoms. The van der Waals surface area contributed by atoms with Gasteiger partial charge in [-0.1, -0.05) is 0 Å². The molecule has 0 bridgehead atoms. The predicted octanol–water partition coefficient (Wildman–Crippen LogP) is 3.77. The summed E-state index contributed by atoms with van der Waals surface area (Å²) in [7, 11) is 1.55. The van der Waals surface area contributed by atoms with Crippen molar-refractivity contribution in [2.75, 3.05) is 17.9 Å². The third-order valence-corrected chi connectivity index (χ3v) is 4.50. The van der Waals surface area contributed by atoms with Gasteiger partial charge in [0.15, 0.2) is 5.82 Å². The number of methoxy groups -OCH3 is 1. The highest BCUT2D eigenvalue weighted by Crippen LogP contribution is 2.32. The van der Waals surface area contributed by atoms with Crippen LogP contribution in [0.5, 0.6) is 5.75 Å². The van der Waals surface area contributed by atoms with Crippen LogP contribution in [-0.4, -0.2) is 23.7 Å². The first kappa shape index (κ1) is 21.1. The third kappa shape index (κ3) is 4.52. The van der Waals surface area contributed by atoms with E-state index in [-0.39, 0.29) is 11.4 Å². The molecule has 0 radical (unpaired) electrons. The summed E-state index contributed by atoms with van der Waals surface area (Å²) in [5.74, 6) is 0.353. The van der Waals surface area contributed by atoms with Crippen LogP contribution >= 0.6 is 0 Å². The summed E-state index contributed by atoms with van der Waals surface area (Å²) in [5.41, 5.74) is 4.79. The van der Waals surface area contributed by atoms with Gasteiger partial charge in [0.05, 0.1) is 19.1 Å². The lowest BCUT2D eigenvalue weighted by atomic mass is 10.00. The number of rotatable bonds is 6. The number of anilines is 2. The molecule has 9 heteroatoms. The van der Waals surface area contributed by atoms with Crippen molar-refractivity contribution < 1.29 is 13.9 Å². The van der Waals surface area contributed by atoms with E-state index in [1.54, 1.807) is 56.5 Å². The van der Waals surface area contributed by atoms with Gasteiger partial charge in [0.1, 0.15) is 29.2 Å². The van der Waals surface area contributed by atoms with Crippen LogP contribution in [-0.2, 0) is 4.79 Å². The van der Waals surface area contributed by atoms with Gasteiger partial charge in [-0.3, -0.25) is 10.2 Å². The molecule has 0 saturated heterocycles. The molecule has 0 atom stereocenters. The number of aryl methyl sites for hydroxylation is 1. The number of pyridine rings is 1. The van der Waals surface area contributed by atoms with E-state index in [0.717, 1.165) is 5.56 Å². The zero-order chi connectivity index (χ0) is 22.4. The molecule has 2 heterocycles. The zero-order valence-electron chi connectivity index (χ0n) is 17.1. The molecule has 1 aromatic carbocycles. The monoisotopic (exact) mass is 414 g/mol. The van der Waals surface area contributed by atoms with Crippen LogP contribution in [0.4, 0.5) is 11.5 Å². The molecule has 0 aliphatic heterocycles. The number of furan rings is 1. The smallest absolute Gasteiger partial charge is 0.288 e. The van der Waals surface area contributed by atoms with Gasteiger partial charge in [0, 0.05) is 11.3 Å². The Labute approximate surface area is 178 Å². The summed E-state index contributed by atoms with van der Waals surface area (Å²) in [6, 6.07) is 14.0. The van der Waals surface area contributed by atoms with Crippen LogP contribution in [0.15, 0.2) is 52.2 Å². The molecule has 1 amide bonds. The molecule has 0 spiro atoms. The second kappa shape index (κ2) is 9.25. The normalized spacial score (nSPS) is 10.7. The first-order chi connectivity index (χ1) is 15.0. The topological polar surface area (TPSA) is 136 Å². The second-order valence-corrected chi connectivity index (χ2v) is 6.38. The summed E-state index contributed by atoms with van der Waals surface area (Å²) in [5, 5.41) is 25.4. The van der Waals surface area contributed by atoms with Gasteiger partial charge in [0.25, 0.3) is 5.91 Å². The SMILES string of the molecule is COc1ccc(N/N=C(\C#N)C(=O)Nc2nc(C)c(C)c(-c3ccco3)c2C#N)cc1. The Bertz CT molecular complexity index is 1220. The van der Waals surface area contributed by atoms with Crippen molar-refractivity contribution in [3.05, 3.63) is 59.5 Å². The first-order valence-electron chi connectivity index (χ1n) is 9.12. The van der Waals surface area contributed by atoms with Crippen LogP contribution in [0, 0.1) is 36.5 Å². The van der Waals surface area contributed by atoms with Crippen LogP contribution in [0.2, 0.25) is 0 Å². The number of amides is 1. The molecule has 0 unspecified atom stereocenters. The highest BCUT2D eigenvalue weighted by atomic mass is 16.5. The van der Waals surface area contributed by atoms with E-state index in [2.05, 4.69) is 26.9 Å². The summed E-state index contributed by atoms with van der Waals surface area (Å²) in [6.07, 6.45) is 1.50. The van der Waals surface area contributed by atoms with Crippen molar-refractivity contribution in [1.29, 1.82) is 10.5 Å². The summed E-state index contributed by atoms with van der Waals surface area (Å²) in [4.78, 5) is 16.9. The number of ether oxygens (including phenoxy) is 1. The van der Waals surface area contributed by atoms with Crippen LogP contribution < -0.4 is 15.5 Å². The number of hydrazone groups is 1. The van der Waals surface area contributed by atoms with E-state index in [9.17, 15) is 15.3 Å². The number of benzene rings is 1. The lowest BCUT2D eigenvalue weighted by molar-refractivity contribution is -0.110. The quantitative estimate of drug-likeness (QED) is 0.463. The fourth-order valence-electron chi connectivity index (χ4n) is 2.80. The van der Waals surface area contributed by atoms with E-state index in [4.69, 9.17) is 9.15 Å². The van der Waals surface area contributed by atoms with E-state index < -0.39 is 11.6 Å². The molecule has 0 fully saturated rings. The van der Waals surface area contributed by atoms with Gasteiger partial charge < -0.3 is 14.5 Å². The predicted molar refractivity (Wildman–Crippen MR) is 114 cm³/mol. The number of hydrogen-bond acceptors (Lipinski definition) is 8. The van der Waals surface area contributed by atoms with Crippen LogP contribution in [0.25, 0.3) is 11.3 Å². The van der Waals surface area contributed by atoms with E-state index >= 15 is 0 Å². The van der Waals surface area contributed by atoms with Crippen molar-refractivity contribution in [3.63, 3.8) is 0 Å². The number of hydrogen-bond donors (Lipinski definition) is 2. The molecule has 0 saturated carbocycles. The maximum absolute atomic E-state index is 12.6. The van der Waals surface area contributed by atoms with E-state index in [0.29, 0.717) is 28.5 Å². The fourth-order valence-corrected chi connectivity index (χ4v) is 2.80. The average molecular weight is 414 g/mol. The summed E-state index contributed by atoms with van der Waals surface area (Å²) < 4.78 is 10.5. The van der Waals surface area contributed by atoms with Gasteiger partial charge in [-0.05, 0) is 55.8 Å². The Morgan fingerprint density at radius 2 is 1.94 bits per heavy atom. The minimum absolute atomic E-state index is 0.0226. The van der Waals surface area contributed by atoms with Gasteiger partial charge >= 0.3 is 0 Å². The van der Waals surface area contributed by atoms with Crippen molar-refractivity contribution in [1.82, 2.24) is 4.98 Å². The highest BCUT2D eigenvalue weighted by Gasteiger charge is 2.22. The van der Waals surface area contributed by atoms with Crippen molar-refractivity contribution in [2.45, 2.75) is 13.8 Å². The van der Waals surface area contributed by atoms with Crippen molar-refractivity contribution >= 4 is 23.1 Å². The molecule has 3 aromatic rings. The van der Waals surface area contributed by atoms with Gasteiger partial charge in [0.2, 0.25) is 5.71 Å². The number of nitrogens with one attached hydrogen (secondary N) is 2. The lowest BCUT2D eigenvalue weighted by Crippen LogP contribution is -2.24. The molecule has 0 aliphatic rings. The first-order valence-corrected chi connectivity index (χ1v) is 9.12. The summed E-state index contributed by atoms with van der Waals surface area (Å²) in [6.45, 7) is 3.57. The largest absolute Gasteiger partial charge is 0.497 e. The summed E-state index contributed by atoms with van der Waals surface area (Å²) >= 11 is 0. The molecule has 154 valence electrons. The fraction of sp³-hybridized carbons (Fsp3) is 0.136. The van der Waals surface area contributed by atoms with Crippen LogP contribution in [0.3, 0.4) is 0 Å². The van der Waals surface area contributed by atoms with Crippen LogP contribution in [0.1, 0.15) is 16.8 Å². The van der Waals surface area contributed by atoms with Crippen molar-refractivity contribution in [3.8, 4) is 29.2 Å². The lowest BCUT2D eigenvalue weighted by Gasteiger charge is -2.13. The maximum Gasteiger partial charge on any atom is 0.288 e. The number of nitriles is 2. The minimum atomic E-state index is -0.804. The van der Waals surface area contributed by atoms with Gasteiger partial charge in [-0.25, -0.2) is 4.98 Å². The standard InChI is InChI=1S/C22H18N6O3/c1-13-14(2)25-21(17(11-23)20(13)19-5-4-10-31-19)26-22(29)18(12-24)28-27-15-6-8-16(30-3)9-7-15/h4-10,27H,1-3H3,(H,25,26,29)/b28-18+. The molecular formula is C22H18N6O3. The Balaban J connectivity index is 1.89. The Kier molecular flexibility index (Phi) is 6.29. The number of carbonyl (C=O) groups is 1. The number of aromatic nitrogens is 1. The third-order valence-electron chi connectivity index (χ3n) is 4.50. The second-order valence-electron chi connectivity index (χ2n) is 6.38. The molecule has 3 rings (SSSR count). The molecule has 9 nitrogen and oxygen atoms in total. The Morgan fingerprint density at radius 1 is 1.19 bits per heavy atom. The Hall–Kier alpha value is -4.63. The van der Waals surface area contributed by atoms with E-state index in [1.807, 2.05) is 6.92 Å². The zero-order valence-corrected chi connectivity index (χ0v) is 17.1. The molecule has 0 aliphatic carbocycles. The van der Waals surface area contributed by atoms with E-state index in [1.165, 1.54) is 6.26 Å². The van der Waals surface area contributed by atoms with Gasteiger partial charge in [-0.2, -0.15) is 15.6 Å². The number of nitrogens with zero attached hydrogens (tertiary/aromatic N) is 4. The molecule has 2 N–H and O–H groups in total.